The first-order valence-corrected chi connectivity index (χ1v) is 6.80. The number of anilines is 1. The van der Waals surface area contributed by atoms with E-state index in [0.717, 1.165) is 11.3 Å². The van der Waals surface area contributed by atoms with Gasteiger partial charge in [-0.3, -0.25) is 0 Å². The van der Waals surface area contributed by atoms with Gasteiger partial charge >= 0.3 is 0 Å². The molecule has 0 amide bonds. The molecule has 0 saturated heterocycles. The van der Waals surface area contributed by atoms with Crippen molar-refractivity contribution in [1.29, 1.82) is 0 Å². The normalized spacial score (nSPS) is 15.9. The quantitative estimate of drug-likeness (QED) is 0.566. The molecule has 1 rings (SSSR count). The van der Waals surface area contributed by atoms with Crippen LogP contribution in [0.25, 0.3) is 0 Å². The van der Waals surface area contributed by atoms with Gasteiger partial charge in [-0.05, 0) is 13.0 Å². The van der Waals surface area contributed by atoms with Crippen LogP contribution >= 0.6 is 11.3 Å². The summed E-state index contributed by atoms with van der Waals surface area (Å²) in [4.78, 5) is 0. The predicted octanol–water partition coefficient (Wildman–Crippen LogP) is -0.648. The van der Waals surface area contributed by atoms with Crippen LogP contribution in [0.3, 0.4) is 0 Å². The molecular formula is C8H14N2O4S2. The summed E-state index contributed by atoms with van der Waals surface area (Å²) < 4.78 is 25.6. The highest BCUT2D eigenvalue weighted by molar-refractivity contribution is 7.91. The number of aliphatic hydroxyl groups is 2. The van der Waals surface area contributed by atoms with Crippen LogP contribution in [0.1, 0.15) is 6.92 Å². The maximum Gasteiger partial charge on any atom is 0.250 e. The van der Waals surface area contributed by atoms with E-state index in [2.05, 4.69) is 4.72 Å². The molecule has 0 fully saturated rings. The highest BCUT2D eigenvalue weighted by Crippen LogP contribution is 2.21. The molecule has 0 saturated carbocycles. The Balaban J connectivity index is 2.74. The number of thiophene rings is 1. The molecule has 1 atom stereocenters. The van der Waals surface area contributed by atoms with Crippen molar-refractivity contribution in [2.75, 3.05) is 18.9 Å². The van der Waals surface area contributed by atoms with Crippen molar-refractivity contribution in [2.45, 2.75) is 16.7 Å². The first-order valence-electron chi connectivity index (χ1n) is 4.44. The van der Waals surface area contributed by atoms with E-state index in [1.165, 1.54) is 18.4 Å². The lowest BCUT2D eigenvalue weighted by atomic mass is 10.1. The summed E-state index contributed by atoms with van der Waals surface area (Å²) in [5.41, 5.74) is 4.31. The van der Waals surface area contributed by atoms with Crippen LogP contribution in [0.15, 0.2) is 15.7 Å². The van der Waals surface area contributed by atoms with Crippen LogP contribution < -0.4 is 10.5 Å². The number of aliphatic hydroxyl groups excluding tert-OH is 1. The number of hydrogen-bond acceptors (Lipinski definition) is 6. The maximum absolute atomic E-state index is 11.7. The highest BCUT2D eigenvalue weighted by atomic mass is 32.2. The largest absolute Gasteiger partial charge is 0.398 e. The summed E-state index contributed by atoms with van der Waals surface area (Å²) in [5.74, 6) is 0. The van der Waals surface area contributed by atoms with Gasteiger partial charge in [-0.25, -0.2) is 13.1 Å². The van der Waals surface area contributed by atoms with Crippen molar-refractivity contribution >= 4 is 27.0 Å². The molecule has 0 aromatic carbocycles. The van der Waals surface area contributed by atoms with Gasteiger partial charge in [-0.1, -0.05) is 0 Å². The molecule has 1 unspecified atom stereocenters. The molecule has 0 aliphatic carbocycles. The monoisotopic (exact) mass is 266 g/mol. The van der Waals surface area contributed by atoms with Crippen LogP contribution in [0.4, 0.5) is 5.69 Å². The first kappa shape index (κ1) is 13.4. The predicted molar refractivity (Wildman–Crippen MR) is 61.6 cm³/mol. The Morgan fingerprint density at radius 2 is 2.25 bits per heavy atom. The zero-order chi connectivity index (χ0) is 12.4. The van der Waals surface area contributed by atoms with Crippen molar-refractivity contribution in [3.05, 3.63) is 11.4 Å². The summed E-state index contributed by atoms with van der Waals surface area (Å²) in [6, 6.07) is 1.33. The molecule has 0 radical (unpaired) electrons. The van der Waals surface area contributed by atoms with Crippen molar-refractivity contribution in [1.82, 2.24) is 4.72 Å². The topological polar surface area (TPSA) is 113 Å². The van der Waals surface area contributed by atoms with Crippen LogP contribution in [0, 0.1) is 0 Å². The molecule has 1 heterocycles. The second-order valence-electron chi connectivity index (χ2n) is 3.68. The lowest BCUT2D eigenvalue weighted by Gasteiger charge is -2.20. The fourth-order valence-corrected chi connectivity index (χ4v) is 3.14. The lowest BCUT2D eigenvalue weighted by Crippen LogP contribution is -2.43. The number of rotatable bonds is 5. The third-order valence-electron chi connectivity index (χ3n) is 1.84. The minimum absolute atomic E-state index is 0.0822. The third-order valence-corrected chi connectivity index (χ3v) is 4.70. The molecule has 1 aromatic rings. The van der Waals surface area contributed by atoms with Crippen LogP contribution in [0.2, 0.25) is 0 Å². The molecule has 0 aliphatic rings. The zero-order valence-electron chi connectivity index (χ0n) is 8.67. The Morgan fingerprint density at radius 1 is 1.62 bits per heavy atom. The van der Waals surface area contributed by atoms with Gasteiger partial charge < -0.3 is 15.9 Å². The van der Waals surface area contributed by atoms with Crippen molar-refractivity contribution in [3.63, 3.8) is 0 Å². The van der Waals surface area contributed by atoms with E-state index in [1.807, 2.05) is 0 Å². The van der Waals surface area contributed by atoms with Crippen LogP contribution in [0.5, 0.6) is 0 Å². The highest BCUT2D eigenvalue weighted by Gasteiger charge is 2.24. The van der Waals surface area contributed by atoms with Crippen molar-refractivity contribution in [2.24, 2.45) is 0 Å². The third kappa shape index (κ3) is 3.42. The molecule has 92 valence electrons. The fourth-order valence-electron chi connectivity index (χ4n) is 0.849. The minimum Gasteiger partial charge on any atom is -0.398 e. The lowest BCUT2D eigenvalue weighted by molar-refractivity contribution is 0.00682. The molecule has 0 spiro atoms. The first-order chi connectivity index (χ1) is 7.27. The summed E-state index contributed by atoms with van der Waals surface area (Å²) in [5, 5.41) is 19.7. The molecule has 0 bridgehead atoms. The van der Waals surface area contributed by atoms with Gasteiger partial charge in [0.1, 0.15) is 4.21 Å². The number of nitrogens with two attached hydrogens (primary N) is 1. The molecule has 1 aromatic heterocycles. The van der Waals surface area contributed by atoms with Gasteiger partial charge in [0, 0.05) is 17.6 Å². The number of hydrogen-bond donors (Lipinski definition) is 4. The van der Waals surface area contributed by atoms with E-state index in [0.29, 0.717) is 5.69 Å². The van der Waals surface area contributed by atoms with Crippen molar-refractivity contribution < 1.29 is 18.6 Å². The Morgan fingerprint density at radius 3 is 2.69 bits per heavy atom. The van der Waals surface area contributed by atoms with Gasteiger partial charge in [-0.2, -0.15) is 0 Å². The van der Waals surface area contributed by atoms with E-state index in [-0.39, 0.29) is 10.8 Å². The van der Waals surface area contributed by atoms with Gasteiger partial charge in [0.05, 0.1) is 12.2 Å². The molecule has 0 aliphatic heterocycles. The minimum atomic E-state index is -3.67. The summed E-state index contributed by atoms with van der Waals surface area (Å²) >= 11 is 0.995. The summed E-state index contributed by atoms with van der Waals surface area (Å²) in [6.07, 6.45) is 0. The van der Waals surface area contributed by atoms with E-state index >= 15 is 0 Å². The second kappa shape index (κ2) is 4.68. The molecule has 6 nitrogen and oxygen atoms in total. The SMILES string of the molecule is CC(O)(CO)CNS(=O)(=O)c1cc(N)cs1. The Hall–Kier alpha value is -0.670. The van der Waals surface area contributed by atoms with Crippen molar-refractivity contribution in [3.8, 4) is 0 Å². The number of sulfonamides is 1. The Kier molecular flexibility index (Phi) is 3.92. The van der Waals surface area contributed by atoms with Crippen LogP contribution in [-0.4, -0.2) is 37.4 Å². The van der Waals surface area contributed by atoms with E-state index < -0.39 is 22.2 Å². The standard InChI is InChI=1S/C8H14N2O4S2/c1-8(12,5-11)4-10-16(13,14)7-2-6(9)3-15-7/h2-3,10-12H,4-5,9H2,1H3. The van der Waals surface area contributed by atoms with E-state index in [9.17, 15) is 13.5 Å². The average molecular weight is 266 g/mol. The maximum atomic E-state index is 11.7. The van der Waals surface area contributed by atoms with Gasteiger partial charge in [0.15, 0.2) is 0 Å². The zero-order valence-corrected chi connectivity index (χ0v) is 10.3. The smallest absolute Gasteiger partial charge is 0.250 e. The summed E-state index contributed by atoms with van der Waals surface area (Å²) in [6.45, 7) is 0.546. The van der Waals surface area contributed by atoms with E-state index in [4.69, 9.17) is 10.8 Å². The van der Waals surface area contributed by atoms with Gasteiger partial charge in [0.2, 0.25) is 10.0 Å². The number of nitrogen functional groups attached to an aromatic ring is 1. The van der Waals surface area contributed by atoms with Crippen LogP contribution in [-0.2, 0) is 10.0 Å². The molecule has 8 heteroatoms. The Labute approximate surface area is 97.8 Å². The van der Waals surface area contributed by atoms with Gasteiger partial charge in [0.25, 0.3) is 0 Å². The van der Waals surface area contributed by atoms with Gasteiger partial charge in [-0.15, -0.1) is 11.3 Å². The fraction of sp³-hybridized carbons (Fsp3) is 0.500. The molecular weight excluding hydrogens is 252 g/mol. The molecule has 16 heavy (non-hydrogen) atoms. The average Bonchev–Trinajstić information content (AvgIpc) is 2.63. The Bertz CT molecular complexity index is 452. The number of nitrogens with one attached hydrogen (secondary N) is 1. The summed E-state index contributed by atoms with van der Waals surface area (Å²) in [7, 11) is -3.67. The second-order valence-corrected chi connectivity index (χ2v) is 6.58. The van der Waals surface area contributed by atoms with E-state index in [1.54, 1.807) is 0 Å². The molecule has 5 N–H and O–H groups in total.